The van der Waals surface area contributed by atoms with E-state index in [-0.39, 0.29) is 18.2 Å². The molecule has 0 bridgehead atoms. The lowest BCUT2D eigenvalue weighted by molar-refractivity contribution is 0.00736. The van der Waals surface area contributed by atoms with E-state index < -0.39 is 5.60 Å². The molecule has 5 heterocycles. The SMILES string of the molecule is CC(c1ccc(N2CCC[C@@H](N(CC3CCC3)C(=O)OC(C)(C)C)C2)cn1)n1cc(-c2cncc(N3CCCC3)n2)nn1. The van der Waals surface area contributed by atoms with Crippen molar-refractivity contribution in [3.8, 4) is 11.4 Å². The molecule has 3 aromatic heterocycles. The molecule has 0 spiro atoms. The van der Waals surface area contributed by atoms with E-state index in [0.29, 0.717) is 11.6 Å². The zero-order valence-electron chi connectivity index (χ0n) is 26.0. The number of nitrogens with zero attached hydrogens (tertiary/aromatic N) is 9. The van der Waals surface area contributed by atoms with Crippen molar-refractivity contribution in [3.05, 3.63) is 42.6 Å². The van der Waals surface area contributed by atoms with E-state index >= 15 is 0 Å². The van der Waals surface area contributed by atoms with Gasteiger partial charge in [-0.05, 0) is 84.3 Å². The average molecular weight is 588 g/mol. The second-order valence-electron chi connectivity index (χ2n) is 13.3. The molecular weight excluding hydrogens is 542 g/mol. The lowest BCUT2D eigenvalue weighted by Gasteiger charge is -2.43. The number of pyridine rings is 1. The third-order valence-electron chi connectivity index (χ3n) is 8.93. The van der Waals surface area contributed by atoms with E-state index in [1.54, 1.807) is 6.20 Å². The molecule has 2 saturated heterocycles. The topological polar surface area (TPSA) is 105 Å². The van der Waals surface area contributed by atoms with E-state index in [1.807, 2.05) is 48.9 Å². The molecule has 1 unspecified atom stereocenters. The van der Waals surface area contributed by atoms with Crippen LogP contribution in [0.5, 0.6) is 0 Å². The highest BCUT2D eigenvalue weighted by Crippen LogP contribution is 2.31. The molecule has 0 aromatic carbocycles. The van der Waals surface area contributed by atoms with Crippen LogP contribution in [-0.2, 0) is 4.74 Å². The lowest BCUT2D eigenvalue weighted by Crippen LogP contribution is -2.53. The molecule has 2 atom stereocenters. The van der Waals surface area contributed by atoms with E-state index in [0.717, 1.165) is 68.5 Å². The summed E-state index contributed by atoms with van der Waals surface area (Å²) >= 11 is 0. The molecule has 0 N–H and O–H groups in total. The van der Waals surface area contributed by atoms with Gasteiger partial charge in [0, 0.05) is 32.7 Å². The summed E-state index contributed by atoms with van der Waals surface area (Å²) in [6.07, 6.45) is 15.3. The van der Waals surface area contributed by atoms with Crippen LogP contribution in [0.3, 0.4) is 0 Å². The van der Waals surface area contributed by atoms with E-state index in [2.05, 4.69) is 44.2 Å². The Kier molecular flexibility index (Phi) is 8.50. The van der Waals surface area contributed by atoms with Crippen LogP contribution in [0.1, 0.15) is 84.4 Å². The van der Waals surface area contributed by atoms with Crippen LogP contribution < -0.4 is 9.80 Å². The van der Waals surface area contributed by atoms with Gasteiger partial charge in [-0.15, -0.1) is 5.10 Å². The summed E-state index contributed by atoms with van der Waals surface area (Å²) in [7, 11) is 0. The van der Waals surface area contributed by atoms with Gasteiger partial charge >= 0.3 is 6.09 Å². The number of aromatic nitrogens is 6. The van der Waals surface area contributed by atoms with Gasteiger partial charge in [0.05, 0.1) is 48.3 Å². The van der Waals surface area contributed by atoms with Crippen LogP contribution in [0, 0.1) is 5.92 Å². The minimum atomic E-state index is -0.504. The molecule has 11 nitrogen and oxygen atoms in total. The zero-order chi connectivity index (χ0) is 30.0. The van der Waals surface area contributed by atoms with Crippen LogP contribution in [-0.4, -0.2) is 85.3 Å². The lowest BCUT2D eigenvalue weighted by atomic mass is 9.84. The van der Waals surface area contributed by atoms with Crippen molar-refractivity contribution >= 4 is 17.6 Å². The summed E-state index contributed by atoms with van der Waals surface area (Å²) in [4.78, 5) is 33.9. The minimum Gasteiger partial charge on any atom is -0.444 e. The first kappa shape index (κ1) is 29.3. The van der Waals surface area contributed by atoms with Crippen molar-refractivity contribution in [1.29, 1.82) is 0 Å². The first-order valence-electron chi connectivity index (χ1n) is 15.9. The van der Waals surface area contributed by atoms with E-state index in [1.165, 1.54) is 32.1 Å². The average Bonchev–Trinajstić information content (AvgIpc) is 3.69. The van der Waals surface area contributed by atoms with Crippen molar-refractivity contribution in [3.63, 3.8) is 0 Å². The van der Waals surface area contributed by atoms with Gasteiger partial charge in [0.2, 0.25) is 0 Å². The number of anilines is 2. The van der Waals surface area contributed by atoms with Crippen LogP contribution in [0.25, 0.3) is 11.4 Å². The zero-order valence-corrected chi connectivity index (χ0v) is 26.0. The second-order valence-corrected chi connectivity index (χ2v) is 13.3. The van der Waals surface area contributed by atoms with Gasteiger partial charge in [-0.2, -0.15) is 0 Å². The maximum absolute atomic E-state index is 13.3. The summed E-state index contributed by atoms with van der Waals surface area (Å²) in [5, 5.41) is 8.80. The third-order valence-corrected chi connectivity index (χ3v) is 8.93. The molecule has 1 saturated carbocycles. The molecule has 3 aromatic rings. The van der Waals surface area contributed by atoms with E-state index in [9.17, 15) is 4.79 Å². The number of carbonyl (C=O) groups is 1. The van der Waals surface area contributed by atoms with Gasteiger partial charge in [-0.1, -0.05) is 11.6 Å². The van der Waals surface area contributed by atoms with Crippen LogP contribution >= 0.6 is 0 Å². The molecule has 43 heavy (non-hydrogen) atoms. The molecule has 6 rings (SSSR count). The molecule has 11 heteroatoms. The normalized spacial score (nSPS) is 20.1. The second kappa shape index (κ2) is 12.5. The Hall–Kier alpha value is -3.76. The molecule has 0 radical (unpaired) electrons. The fraction of sp³-hybridized carbons (Fsp3) is 0.625. The first-order valence-corrected chi connectivity index (χ1v) is 15.9. The number of rotatable bonds is 8. The summed E-state index contributed by atoms with van der Waals surface area (Å²) < 4.78 is 7.67. The predicted octanol–water partition coefficient (Wildman–Crippen LogP) is 5.35. The van der Waals surface area contributed by atoms with Crippen molar-refractivity contribution in [2.24, 2.45) is 5.92 Å². The summed E-state index contributed by atoms with van der Waals surface area (Å²) in [6.45, 7) is 12.4. The highest BCUT2D eigenvalue weighted by atomic mass is 16.6. The summed E-state index contributed by atoms with van der Waals surface area (Å²) in [6, 6.07) is 4.24. The predicted molar refractivity (Wildman–Crippen MR) is 166 cm³/mol. The Labute approximate surface area is 254 Å². The van der Waals surface area contributed by atoms with Crippen LogP contribution in [0.2, 0.25) is 0 Å². The maximum atomic E-state index is 13.3. The fourth-order valence-electron chi connectivity index (χ4n) is 6.22. The van der Waals surface area contributed by atoms with Gasteiger partial charge < -0.3 is 19.4 Å². The number of ether oxygens (including phenoxy) is 1. The number of carbonyl (C=O) groups excluding carboxylic acids is 1. The summed E-state index contributed by atoms with van der Waals surface area (Å²) in [5.41, 5.74) is 2.90. The van der Waals surface area contributed by atoms with Crippen LogP contribution in [0.15, 0.2) is 36.9 Å². The van der Waals surface area contributed by atoms with E-state index in [4.69, 9.17) is 14.7 Å². The molecule has 3 aliphatic rings. The smallest absolute Gasteiger partial charge is 0.410 e. The van der Waals surface area contributed by atoms with Gasteiger partial charge in [0.1, 0.15) is 22.8 Å². The molecular formula is C32H45N9O2. The molecule has 2 aliphatic heterocycles. The van der Waals surface area contributed by atoms with Crippen LogP contribution in [0.4, 0.5) is 16.3 Å². The number of amides is 1. The van der Waals surface area contributed by atoms with Crippen molar-refractivity contribution < 1.29 is 9.53 Å². The maximum Gasteiger partial charge on any atom is 0.410 e. The third kappa shape index (κ3) is 6.91. The molecule has 3 fully saturated rings. The number of hydrogen-bond acceptors (Lipinski definition) is 9. The van der Waals surface area contributed by atoms with Gasteiger partial charge in [0.15, 0.2) is 0 Å². The molecule has 230 valence electrons. The highest BCUT2D eigenvalue weighted by Gasteiger charge is 2.34. The Balaban J connectivity index is 1.12. The first-order chi connectivity index (χ1) is 20.7. The van der Waals surface area contributed by atoms with Crippen molar-refractivity contribution in [2.45, 2.75) is 90.3 Å². The van der Waals surface area contributed by atoms with Crippen molar-refractivity contribution in [2.75, 3.05) is 42.5 Å². The Morgan fingerprint density at radius 3 is 2.49 bits per heavy atom. The Morgan fingerprint density at radius 1 is 1.00 bits per heavy atom. The van der Waals surface area contributed by atoms with Crippen molar-refractivity contribution in [1.82, 2.24) is 34.8 Å². The largest absolute Gasteiger partial charge is 0.444 e. The van der Waals surface area contributed by atoms with Gasteiger partial charge in [-0.3, -0.25) is 9.97 Å². The van der Waals surface area contributed by atoms with Gasteiger partial charge in [0.25, 0.3) is 0 Å². The minimum absolute atomic E-state index is 0.0933. The molecule has 1 aliphatic carbocycles. The number of hydrogen-bond donors (Lipinski definition) is 0. The summed E-state index contributed by atoms with van der Waals surface area (Å²) in [5.74, 6) is 1.48. The fourth-order valence-corrected chi connectivity index (χ4v) is 6.22. The Morgan fingerprint density at radius 2 is 1.79 bits per heavy atom. The van der Waals surface area contributed by atoms with Gasteiger partial charge in [-0.25, -0.2) is 14.5 Å². The highest BCUT2D eigenvalue weighted by molar-refractivity contribution is 5.69. The standard InChI is InChI=1S/C32H45N9O2/c1-23(41-22-29(36-37-41)28-18-33-19-30(35-28)38-14-5-6-15-38)27-13-12-25(17-34-27)39-16-8-11-26(21-39)40(20-24-9-7-10-24)31(42)43-32(2,3)4/h12-13,17-19,22-24,26H,5-11,14-16,20-21H2,1-4H3/t23?,26-/m1/s1. The monoisotopic (exact) mass is 587 g/mol. The quantitative estimate of drug-likeness (QED) is 0.345. The molecule has 1 amide bonds. The number of piperidine rings is 1. The Bertz CT molecular complexity index is 1380.